The van der Waals surface area contributed by atoms with Gasteiger partial charge in [0.25, 0.3) is 0 Å². The Kier molecular flexibility index (Phi) is 6.25. The quantitative estimate of drug-likeness (QED) is 0.243. The van der Waals surface area contributed by atoms with E-state index in [0.29, 0.717) is 21.4 Å². The van der Waals surface area contributed by atoms with Crippen molar-refractivity contribution < 1.29 is 18.0 Å². The van der Waals surface area contributed by atoms with E-state index < -0.39 is 18.4 Å². The van der Waals surface area contributed by atoms with Gasteiger partial charge in [0.05, 0.1) is 17.8 Å². The second kappa shape index (κ2) is 9.10. The molecule has 4 aromatic rings. The van der Waals surface area contributed by atoms with Crippen LogP contribution in [-0.4, -0.2) is 22.7 Å². The fraction of sp³-hybridized carbons (Fsp3) is 0.0870. The van der Waals surface area contributed by atoms with Crippen LogP contribution in [0.25, 0.3) is 22.0 Å². The molecule has 0 atom stereocenters. The third kappa shape index (κ3) is 5.15. The van der Waals surface area contributed by atoms with Crippen molar-refractivity contribution >= 4 is 50.3 Å². The minimum atomic E-state index is -4.94. The van der Waals surface area contributed by atoms with E-state index in [1.165, 1.54) is 11.3 Å². The fourth-order valence-electron chi connectivity index (χ4n) is 3.02. The summed E-state index contributed by atoms with van der Waals surface area (Å²) in [6, 6.07) is 19.7. The van der Waals surface area contributed by atoms with Crippen molar-refractivity contribution in [1.29, 1.82) is 0 Å². The van der Waals surface area contributed by atoms with E-state index in [0.717, 1.165) is 16.3 Å². The van der Waals surface area contributed by atoms with Crippen LogP contribution in [0.15, 0.2) is 77.2 Å². The highest BCUT2D eigenvalue weighted by molar-refractivity contribution is 7.14. The maximum Gasteiger partial charge on any atom is 0.450 e. The zero-order valence-corrected chi connectivity index (χ0v) is 17.9. The van der Waals surface area contributed by atoms with Gasteiger partial charge in [-0.3, -0.25) is 10.2 Å². The summed E-state index contributed by atoms with van der Waals surface area (Å²) in [4.78, 5) is 16.1. The molecule has 4 nitrogen and oxygen atoms in total. The van der Waals surface area contributed by atoms with Gasteiger partial charge in [0.2, 0.25) is 10.9 Å². The molecule has 0 bridgehead atoms. The highest BCUT2D eigenvalue weighted by Crippen LogP contribution is 2.27. The molecule has 32 heavy (non-hydrogen) atoms. The van der Waals surface area contributed by atoms with Crippen LogP contribution in [0.3, 0.4) is 0 Å². The number of rotatable bonds is 6. The van der Waals surface area contributed by atoms with Gasteiger partial charge in [-0.1, -0.05) is 60.1 Å². The van der Waals surface area contributed by atoms with E-state index in [1.54, 1.807) is 35.7 Å². The molecule has 0 unspecified atom stereocenters. The van der Waals surface area contributed by atoms with Crippen molar-refractivity contribution in [3.63, 3.8) is 0 Å². The first-order valence-corrected chi connectivity index (χ1v) is 10.7. The summed E-state index contributed by atoms with van der Waals surface area (Å²) in [5.74, 6) is -1.87. The highest BCUT2D eigenvalue weighted by atomic mass is 35.5. The fourth-order valence-corrected chi connectivity index (χ4v) is 3.81. The Morgan fingerprint density at radius 1 is 1.03 bits per heavy atom. The van der Waals surface area contributed by atoms with Gasteiger partial charge in [0, 0.05) is 16.0 Å². The second-order valence-electron chi connectivity index (χ2n) is 6.87. The Hall–Kier alpha value is -3.23. The lowest BCUT2D eigenvalue weighted by molar-refractivity contribution is -0.169. The zero-order chi connectivity index (χ0) is 22.7. The standard InChI is InChI=1S/C23H15ClF3N3OS/c24-18-9-7-15(8-10-18)20-13-32-22(28-20)30-29-19(12-21(31)23(25,26)27)17-6-5-14-3-1-2-4-16(14)11-17/h1-11,13H,12H2,(H,28,30)/b29-19-. The molecule has 1 aromatic heterocycles. The van der Waals surface area contributed by atoms with Crippen molar-refractivity contribution in [1.82, 2.24) is 4.98 Å². The van der Waals surface area contributed by atoms with Crippen LogP contribution in [0.1, 0.15) is 12.0 Å². The molecule has 1 N–H and O–H groups in total. The average Bonchev–Trinajstić information content (AvgIpc) is 3.25. The summed E-state index contributed by atoms with van der Waals surface area (Å²) in [6.45, 7) is 0. The number of halogens is 4. The van der Waals surface area contributed by atoms with Crippen molar-refractivity contribution in [2.45, 2.75) is 12.6 Å². The van der Waals surface area contributed by atoms with E-state index in [-0.39, 0.29) is 5.71 Å². The van der Waals surface area contributed by atoms with Crippen LogP contribution in [0.2, 0.25) is 5.02 Å². The summed E-state index contributed by atoms with van der Waals surface area (Å²) in [5.41, 5.74) is 4.60. The highest BCUT2D eigenvalue weighted by Gasteiger charge is 2.38. The molecule has 162 valence electrons. The van der Waals surface area contributed by atoms with Gasteiger partial charge in [-0.2, -0.15) is 18.3 Å². The topological polar surface area (TPSA) is 54.4 Å². The van der Waals surface area contributed by atoms with Crippen LogP contribution in [0.4, 0.5) is 18.3 Å². The van der Waals surface area contributed by atoms with Gasteiger partial charge in [0.15, 0.2) is 0 Å². The Balaban J connectivity index is 1.63. The summed E-state index contributed by atoms with van der Waals surface area (Å²) >= 11 is 7.14. The number of hydrazone groups is 1. The lowest BCUT2D eigenvalue weighted by Gasteiger charge is -2.10. The molecule has 3 aromatic carbocycles. The Bertz CT molecular complexity index is 1300. The molecule has 0 saturated carbocycles. The molecule has 0 fully saturated rings. The molecule has 0 amide bonds. The molecular formula is C23H15ClF3N3OS. The predicted octanol–water partition coefficient (Wildman–Crippen LogP) is 6.95. The lowest BCUT2D eigenvalue weighted by Crippen LogP contribution is -2.26. The average molecular weight is 474 g/mol. The number of nitrogens with zero attached hydrogens (tertiary/aromatic N) is 2. The molecule has 9 heteroatoms. The number of anilines is 1. The zero-order valence-electron chi connectivity index (χ0n) is 16.4. The molecule has 4 rings (SSSR count). The minimum absolute atomic E-state index is 0.0266. The maximum atomic E-state index is 12.9. The van der Waals surface area contributed by atoms with Crippen LogP contribution < -0.4 is 5.43 Å². The first kappa shape index (κ1) is 22.0. The third-order valence-corrected chi connectivity index (χ3v) is 5.66. The maximum absolute atomic E-state index is 12.9. The summed E-state index contributed by atoms with van der Waals surface area (Å²) in [5, 5.41) is 8.65. The number of thiazole rings is 1. The SMILES string of the molecule is O=C(C/C(=N/Nc1nc(-c2ccc(Cl)cc2)cs1)c1ccc2ccccc2c1)C(F)(F)F. The molecule has 0 saturated heterocycles. The molecular weight excluding hydrogens is 459 g/mol. The van der Waals surface area contributed by atoms with Gasteiger partial charge >= 0.3 is 6.18 Å². The molecule has 0 radical (unpaired) electrons. The Labute approximate surface area is 190 Å². The van der Waals surface area contributed by atoms with E-state index in [9.17, 15) is 18.0 Å². The Morgan fingerprint density at radius 2 is 1.75 bits per heavy atom. The van der Waals surface area contributed by atoms with Crippen molar-refractivity contribution in [2.24, 2.45) is 5.10 Å². The number of alkyl halides is 3. The van der Waals surface area contributed by atoms with E-state index in [1.807, 2.05) is 36.4 Å². The molecule has 0 aliphatic carbocycles. The van der Waals surface area contributed by atoms with E-state index in [2.05, 4.69) is 15.5 Å². The number of nitrogens with one attached hydrogen (secondary N) is 1. The number of Topliss-reactive ketones (excluding diaryl/α,β-unsaturated/α-hetero) is 1. The summed E-state index contributed by atoms with van der Waals surface area (Å²) in [7, 11) is 0. The van der Waals surface area contributed by atoms with Crippen LogP contribution in [0.5, 0.6) is 0 Å². The van der Waals surface area contributed by atoms with Crippen molar-refractivity contribution in [3.05, 3.63) is 82.7 Å². The number of aromatic nitrogens is 1. The molecule has 0 spiro atoms. The number of carbonyl (C=O) groups excluding carboxylic acids is 1. The van der Waals surface area contributed by atoms with Gasteiger partial charge < -0.3 is 0 Å². The van der Waals surface area contributed by atoms with E-state index >= 15 is 0 Å². The number of fused-ring (bicyclic) bond motifs is 1. The number of carbonyl (C=O) groups is 1. The number of hydrogen-bond donors (Lipinski definition) is 1. The number of ketones is 1. The lowest BCUT2D eigenvalue weighted by atomic mass is 10.0. The van der Waals surface area contributed by atoms with E-state index in [4.69, 9.17) is 11.6 Å². The molecule has 0 aliphatic heterocycles. The minimum Gasteiger partial charge on any atom is -0.289 e. The van der Waals surface area contributed by atoms with Crippen LogP contribution in [0, 0.1) is 0 Å². The van der Waals surface area contributed by atoms with Gasteiger partial charge in [-0.15, -0.1) is 11.3 Å². The largest absolute Gasteiger partial charge is 0.450 e. The molecule has 1 heterocycles. The van der Waals surface area contributed by atoms with Crippen LogP contribution >= 0.6 is 22.9 Å². The summed E-state index contributed by atoms with van der Waals surface area (Å²) < 4.78 is 38.7. The van der Waals surface area contributed by atoms with Gasteiger partial charge in [-0.05, 0) is 34.5 Å². The van der Waals surface area contributed by atoms with Crippen LogP contribution in [-0.2, 0) is 4.79 Å². The van der Waals surface area contributed by atoms with Gasteiger partial charge in [0.1, 0.15) is 0 Å². The van der Waals surface area contributed by atoms with Gasteiger partial charge in [-0.25, -0.2) is 4.98 Å². The third-order valence-electron chi connectivity index (χ3n) is 4.66. The second-order valence-corrected chi connectivity index (χ2v) is 8.17. The predicted molar refractivity (Wildman–Crippen MR) is 122 cm³/mol. The normalized spacial score (nSPS) is 12.2. The Morgan fingerprint density at radius 3 is 2.47 bits per heavy atom. The summed E-state index contributed by atoms with van der Waals surface area (Å²) in [6.07, 6.45) is -5.83. The first-order chi connectivity index (χ1) is 15.3. The number of hydrogen-bond acceptors (Lipinski definition) is 5. The monoisotopic (exact) mass is 473 g/mol. The first-order valence-electron chi connectivity index (χ1n) is 9.43. The smallest absolute Gasteiger partial charge is 0.289 e. The number of benzene rings is 3. The van der Waals surface area contributed by atoms with Crippen molar-refractivity contribution in [2.75, 3.05) is 5.43 Å². The van der Waals surface area contributed by atoms with Crippen molar-refractivity contribution in [3.8, 4) is 11.3 Å². The molecule has 0 aliphatic rings.